The molecule has 0 saturated carbocycles. The Labute approximate surface area is 139 Å². The van der Waals surface area contributed by atoms with Gasteiger partial charge in [0, 0.05) is 20.1 Å². The smallest absolute Gasteiger partial charge is 0.387 e. The number of alkyl halides is 2. The van der Waals surface area contributed by atoms with Gasteiger partial charge < -0.3 is 14.0 Å². The summed E-state index contributed by atoms with van der Waals surface area (Å²) >= 11 is 0. The van der Waals surface area contributed by atoms with E-state index < -0.39 is 6.61 Å². The molecule has 0 bridgehead atoms. The lowest BCUT2D eigenvalue weighted by molar-refractivity contribution is -0.0509. The van der Waals surface area contributed by atoms with Crippen LogP contribution in [0.3, 0.4) is 0 Å². The van der Waals surface area contributed by atoms with Gasteiger partial charge in [-0.05, 0) is 24.6 Å². The van der Waals surface area contributed by atoms with E-state index in [0.717, 1.165) is 23.8 Å². The minimum absolute atomic E-state index is 0.146. The molecule has 0 N–H and O–H groups in total. The molecule has 2 heterocycles. The standard InChI is InChI=1S/C16H20F2N4O2/c1-11-19-20-15(21(11)2)10-22-6-7-23-14(9-22)12-4-3-5-13(8-12)24-16(17)18/h3-5,8,14,16H,6-7,9-10H2,1-2H3/t14-/m1/s1. The van der Waals surface area contributed by atoms with Gasteiger partial charge in [-0.2, -0.15) is 8.78 Å². The van der Waals surface area contributed by atoms with Crippen molar-refractivity contribution in [3.63, 3.8) is 0 Å². The number of benzene rings is 1. The molecular weight excluding hydrogens is 318 g/mol. The van der Waals surface area contributed by atoms with Crippen LogP contribution in [0.1, 0.15) is 23.3 Å². The number of hydrogen-bond acceptors (Lipinski definition) is 5. The summed E-state index contributed by atoms with van der Waals surface area (Å²) < 4.78 is 36.9. The van der Waals surface area contributed by atoms with Crippen LogP contribution in [0.2, 0.25) is 0 Å². The van der Waals surface area contributed by atoms with Crippen molar-refractivity contribution in [1.82, 2.24) is 19.7 Å². The van der Waals surface area contributed by atoms with E-state index in [1.165, 1.54) is 6.07 Å². The molecule has 1 atom stereocenters. The molecular formula is C16H20F2N4O2. The highest BCUT2D eigenvalue weighted by atomic mass is 19.3. The molecule has 24 heavy (non-hydrogen) atoms. The highest BCUT2D eigenvalue weighted by molar-refractivity contribution is 5.30. The van der Waals surface area contributed by atoms with Gasteiger partial charge in [-0.1, -0.05) is 12.1 Å². The van der Waals surface area contributed by atoms with Gasteiger partial charge >= 0.3 is 6.61 Å². The quantitative estimate of drug-likeness (QED) is 0.837. The Bertz CT molecular complexity index is 692. The average Bonchev–Trinajstić information content (AvgIpc) is 2.87. The molecule has 1 aromatic heterocycles. The van der Waals surface area contributed by atoms with Gasteiger partial charge in [0.2, 0.25) is 0 Å². The molecule has 1 saturated heterocycles. The molecule has 0 aliphatic carbocycles. The number of aryl methyl sites for hydroxylation is 1. The van der Waals surface area contributed by atoms with Crippen molar-refractivity contribution < 1.29 is 18.3 Å². The topological polar surface area (TPSA) is 52.4 Å². The van der Waals surface area contributed by atoms with E-state index in [1.807, 2.05) is 24.6 Å². The van der Waals surface area contributed by atoms with E-state index in [0.29, 0.717) is 19.7 Å². The Morgan fingerprint density at radius 1 is 1.38 bits per heavy atom. The molecule has 8 heteroatoms. The van der Waals surface area contributed by atoms with Crippen molar-refractivity contribution in [3.8, 4) is 5.75 Å². The van der Waals surface area contributed by atoms with E-state index >= 15 is 0 Å². The zero-order valence-corrected chi connectivity index (χ0v) is 13.7. The summed E-state index contributed by atoms with van der Waals surface area (Å²) in [7, 11) is 1.94. The fourth-order valence-electron chi connectivity index (χ4n) is 2.73. The third-order valence-corrected chi connectivity index (χ3v) is 4.15. The zero-order chi connectivity index (χ0) is 17.1. The molecule has 2 aromatic rings. The van der Waals surface area contributed by atoms with Gasteiger partial charge in [-0.15, -0.1) is 10.2 Å². The number of halogens is 2. The van der Waals surface area contributed by atoms with Crippen LogP contribution < -0.4 is 4.74 Å². The SMILES string of the molecule is Cc1nnc(CN2CCO[C@@H](c3cccc(OC(F)F)c3)C2)n1C. The lowest BCUT2D eigenvalue weighted by Gasteiger charge is -2.32. The molecule has 1 aliphatic heterocycles. The maximum absolute atomic E-state index is 12.4. The largest absolute Gasteiger partial charge is 0.435 e. The maximum Gasteiger partial charge on any atom is 0.387 e. The van der Waals surface area contributed by atoms with E-state index in [9.17, 15) is 8.78 Å². The molecule has 0 amide bonds. The third kappa shape index (κ3) is 3.88. The summed E-state index contributed by atoms with van der Waals surface area (Å²) in [5, 5.41) is 8.25. The van der Waals surface area contributed by atoms with Crippen LogP contribution in [0, 0.1) is 6.92 Å². The molecule has 1 fully saturated rings. The highest BCUT2D eigenvalue weighted by Gasteiger charge is 2.24. The van der Waals surface area contributed by atoms with Gasteiger partial charge in [0.1, 0.15) is 17.4 Å². The Kier molecular flexibility index (Phi) is 5.06. The number of ether oxygens (including phenoxy) is 2. The summed E-state index contributed by atoms with van der Waals surface area (Å²) in [4.78, 5) is 2.22. The Morgan fingerprint density at radius 3 is 2.92 bits per heavy atom. The van der Waals surface area contributed by atoms with Crippen molar-refractivity contribution in [2.24, 2.45) is 7.05 Å². The fraction of sp³-hybridized carbons (Fsp3) is 0.500. The Hall–Kier alpha value is -2.06. The molecule has 0 spiro atoms. The van der Waals surface area contributed by atoms with Gasteiger partial charge in [-0.3, -0.25) is 4.90 Å². The predicted octanol–water partition coefficient (Wildman–Crippen LogP) is 2.30. The lowest BCUT2D eigenvalue weighted by Crippen LogP contribution is -2.38. The highest BCUT2D eigenvalue weighted by Crippen LogP contribution is 2.26. The van der Waals surface area contributed by atoms with Crippen LogP contribution >= 0.6 is 0 Å². The second kappa shape index (κ2) is 7.23. The monoisotopic (exact) mass is 338 g/mol. The van der Waals surface area contributed by atoms with Gasteiger partial charge in [0.25, 0.3) is 0 Å². The van der Waals surface area contributed by atoms with Crippen molar-refractivity contribution in [2.75, 3.05) is 19.7 Å². The van der Waals surface area contributed by atoms with Crippen LogP contribution in [-0.2, 0) is 18.3 Å². The van der Waals surface area contributed by atoms with Gasteiger partial charge in [-0.25, -0.2) is 0 Å². The van der Waals surface area contributed by atoms with Crippen LogP contribution in [0.4, 0.5) is 8.78 Å². The normalized spacial score (nSPS) is 19.0. The molecule has 1 aliphatic rings. The molecule has 0 unspecified atom stereocenters. The minimum Gasteiger partial charge on any atom is -0.435 e. The van der Waals surface area contributed by atoms with E-state index in [4.69, 9.17) is 4.74 Å². The van der Waals surface area contributed by atoms with Crippen molar-refractivity contribution >= 4 is 0 Å². The zero-order valence-electron chi connectivity index (χ0n) is 13.7. The lowest BCUT2D eigenvalue weighted by atomic mass is 10.1. The van der Waals surface area contributed by atoms with E-state index in [2.05, 4.69) is 19.8 Å². The second-order valence-corrected chi connectivity index (χ2v) is 5.77. The fourth-order valence-corrected chi connectivity index (χ4v) is 2.73. The summed E-state index contributed by atoms with van der Waals surface area (Å²) in [6.07, 6.45) is -0.186. The molecule has 3 rings (SSSR count). The average molecular weight is 338 g/mol. The number of aromatic nitrogens is 3. The third-order valence-electron chi connectivity index (χ3n) is 4.15. The second-order valence-electron chi connectivity index (χ2n) is 5.77. The van der Waals surface area contributed by atoms with Crippen LogP contribution in [0.15, 0.2) is 24.3 Å². The Balaban J connectivity index is 1.68. The molecule has 1 aromatic carbocycles. The maximum atomic E-state index is 12.4. The van der Waals surface area contributed by atoms with Crippen LogP contribution in [0.25, 0.3) is 0 Å². The van der Waals surface area contributed by atoms with Crippen LogP contribution in [0.5, 0.6) is 5.75 Å². The summed E-state index contributed by atoms with van der Waals surface area (Å²) in [6.45, 7) is 1.77. The van der Waals surface area contributed by atoms with E-state index in [-0.39, 0.29) is 11.9 Å². The van der Waals surface area contributed by atoms with Gasteiger partial charge in [0.05, 0.1) is 19.3 Å². The van der Waals surface area contributed by atoms with Crippen molar-refractivity contribution in [2.45, 2.75) is 26.2 Å². The summed E-state index contributed by atoms with van der Waals surface area (Å²) in [5.74, 6) is 1.90. The summed E-state index contributed by atoms with van der Waals surface area (Å²) in [5.41, 5.74) is 0.826. The first-order valence-corrected chi connectivity index (χ1v) is 7.76. The first-order valence-electron chi connectivity index (χ1n) is 7.76. The number of hydrogen-bond donors (Lipinski definition) is 0. The first kappa shape index (κ1) is 16.8. The molecule has 6 nitrogen and oxygen atoms in total. The first-order chi connectivity index (χ1) is 11.5. The Morgan fingerprint density at radius 2 is 2.21 bits per heavy atom. The van der Waals surface area contributed by atoms with Crippen LogP contribution in [-0.4, -0.2) is 46.0 Å². The number of morpholine rings is 1. The predicted molar refractivity (Wildman–Crippen MR) is 82.8 cm³/mol. The summed E-state index contributed by atoms with van der Waals surface area (Å²) in [6, 6.07) is 6.67. The molecule has 130 valence electrons. The van der Waals surface area contributed by atoms with Crippen molar-refractivity contribution in [3.05, 3.63) is 41.5 Å². The minimum atomic E-state index is -2.83. The van der Waals surface area contributed by atoms with E-state index in [1.54, 1.807) is 12.1 Å². The van der Waals surface area contributed by atoms with Crippen molar-refractivity contribution in [1.29, 1.82) is 0 Å². The molecule has 0 radical (unpaired) electrons. The number of rotatable bonds is 5. The number of nitrogens with zero attached hydrogens (tertiary/aromatic N) is 4. The van der Waals surface area contributed by atoms with Gasteiger partial charge in [0.15, 0.2) is 0 Å².